The zero-order valence-electron chi connectivity index (χ0n) is 7.49. The van der Waals surface area contributed by atoms with Crippen LogP contribution in [0.5, 0.6) is 0 Å². The fraction of sp³-hybridized carbons (Fsp3) is 1.00. The highest BCUT2D eigenvalue weighted by molar-refractivity contribution is 4.72. The summed E-state index contributed by atoms with van der Waals surface area (Å²) < 4.78 is 4.81. The molecule has 0 radical (unpaired) electrons. The average molecular weight is 190 g/mol. The fourth-order valence-corrected chi connectivity index (χ4v) is 1.64. The molecule has 0 aromatic carbocycles. The van der Waals surface area contributed by atoms with Crippen LogP contribution in [-0.4, -0.2) is 19.4 Å². The van der Waals surface area contributed by atoms with E-state index < -0.39 is 5.79 Å². The third kappa shape index (κ3) is 2.38. The maximum Gasteiger partial charge on any atom is 0.234 e. The van der Waals surface area contributed by atoms with Gasteiger partial charge in [0.1, 0.15) is 0 Å². The molecule has 2 fully saturated rings. The van der Waals surface area contributed by atoms with Gasteiger partial charge in [-0.3, -0.25) is 0 Å². The predicted molar refractivity (Wildman–Crippen MR) is 41.0 cm³/mol. The van der Waals surface area contributed by atoms with Gasteiger partial charge < -0.3 is 4.74 Å². The number of hydrogen-bond donors (Lipinski definition) is 0. The maximum atomic E-state index is 5.14. The first-order chi connectivity index (χ1) is 6.41. The van der Waals surface area contributed by atoms with Crippen LogP contribution in [0.1, 0.15) is 32.1 Å². The minimum absolute atomic E-state index is 0.0884. The van der Waals surface area contributed by atoms with Gasteiger partial charge >= 0.3 is 0 Å². The zero-order valence-corrected chi connectivity index (χ0v) is 7.49. The van der Waals surface area contributed by atoms with Crippen LogP contribution in [-0.2, 0) is 24.3 Å². The van der Waals surface area contributed by atoms with E-state index in [1.165, 1.54) is 6.42 Å². The standard InChI is InChI=1S/C8H14O5/c1-2-4-8(5-3-1)12-10-6-9-7-11-13-8/h1-7H2. The van der Waals surface area contributed by atoms with Crippen LogP contribution in [0.2, 0.25) is 0 Å². The summed E-state index contributed by atoms with van der Waals surface area (Å²) in [7, 11) is 0. The average Bonchev–Trinajstić information content (AvgIpc) is 2.14. The molecule has 1 heterocycles. The summed E-state index contributed by atoms with van der Waals surface area (Å²) in [5.41, 5.74) is 0. The lowest BCUT2D eigenvalue weighted by Gasteiger charge is -2.34. The van der Waals surface area contributed by atoms with Crippen LogP contribution >= 0.6 is 0 Å². The Labute approximate surface area is 76.7 Å². The second-order valence-corrected chi connectivity index (χ2v) is 3.31. The van der Waals surface area contributed by atoms with Crippen LogP contribution in [0.25, 0.3) is 0 Å². The smallest absolute Gasteiger partial charge is 0.234 e. The van der Waals surface area contributed by atoms with Crippen LogP contribution in [0.4, 0.5) is 0 Å². The molecule has 0 aromatic rings. The molecule has 1 saturated carbocycles. The Morgan fingerprint density at radius 3 is 2.00 bits per heavy atom. The normalized spacial score (nSPS) is 29.5. The maximum absolute atomic E-state index is 5.14. The van der Waals surface area contributed by atoms with Crippen molar-refractivity contribution in [3.05, 3.63) is 0 Å². The molecule has 76 valence electrons. The number of hydrogen-bond acceptors (Lipinski definition) is 5. The first-order valence-corrected chi connectivity index (χ1v) is 4.60. The van der Waals surface area contributed by atoms with E-state index in [1.807, 2.05) is 0 Å². The van der Waals surface area contributed by atoms with E-state index in [1.54, 1.807) is 0 Å². The molecule has 5 nitrogen and oxygen atoms in total. The molecule has 0 amide bonds. The van der Waals surface area contributed by atoms with Gasteiger partial charge in [-0.25, -0.2) is 9.78 Å². The molecule has 0 N–H and O–H groups in total. The van der Waals surface area contributed by atoms with Crippen LogP contribution in [0, 0.1) is 0 Å². The third-order valence-corrected chi connectivity index (χ3v) is 2.30. The van der Waals surface area contributed by atoms with Gasteiger partial charge in [0, 0.05) is 12.8 Å². The van der Waals surface area contributed by atoms with Gasteiger partial charge in [0.25, 0.3) is 0 Å². The molecule has 1 aliphatic carbocycles. The monoisotopic (exact) mass is 190 g/mol. The predicted octanol–water partition coefficient (Wildman–Crippen LogP) is 1.49. The lowest BCUT2D eigenvalue weighted by atomic mass is 9.94. The zero-order chi connectivity index (χ0) is 8.99. The van der Waals surface area contributed by atoms with E-state index in [2.05, 4.69) is 0 Å². The Kier molecular flexibility index (Phi) is 3.13. The van der Waals surface area contributed by atoms with Gasteiger partial charge in [0.05, 0.1) is 0 Å². The Hall–Kier alpha value is -0.200. The molecule has 1 spiro atoms. The van der Waals surface area contributed by atoms with Crippen LogP contribution in [0.15, 0.2) is 0 Å². The molecule has 0 aromatic heterocycles. The van der Waals surface area contributed by atoms with Gasteiger partial charge in [-0.15, -0.1) is 0 Å². The molecule has 0 atom stereocenters. The van der Waals surface area contributed by atoms with Crippen molar-refractivity contribution >= 4 is 0 Å². The van der Waals surface area contributed by atoms with Crippen molar-refractivity contribution in [2.24, 2.45) is 0 Å². The number of ether oxygens (including phenoxy) is 1. The molecule has 1 aliphatic heterocycles. The van der Waals surface area contributed by atoms with E-state index in [0.29, 0.717) is 0 Å². The first-order valence-electron chi connectivity index (χ1n) is 4.60. The molecule has 1 saturated heterocycles. The van der Waals surface area contributed by atoms with E-state index in [0.717, 1.165) is 25.7 Å². The fourth-order valence-electron chi connectivity index (χ4n) is 1.64. The van der Waals surface area contributed by atoms with E-state index >= 15 is 0 Å². The summed E-state index contributed by atoms with van der Waals surface area (Å²) in [6, 6.07) is 0. The summed E-state index contributed by atoms with van der Waals surface area (Å²) in [5, 5.41) is 0. The molecular formula is C8H14O5. The molecule has 0 bridgehead atoms. The SMILES string of the molecule is C1CCC2(CC1)OOCOCOO2. The molecule has 2 rings (SSSR count). The lowest BCUT2D eigenvalue weighted by Crippen LogP contribution is -2.40. The lowest BCUT2D eigenvalue weighted by molar-refractivity contribution is -0.559. The quantitative estimate of drug-likeness (QED) is 0.541. The third-order valence-electron chi connectivity index (χ3n) is 2.30. The van der Waals surface area contributed by atoms with Crippen molar-refractivity contribution in [2.75, 3.05) is 13.6 Å². The Bertz CT molecular complexity index is 145. The van der Waals surface area contributed by atoms with E-state index in [4.69, 9.17) is 24.3 Å². The molecule has 5 heteroatoms. The van der Waals surface area contributed by atoms with E-state index in [9.17, 15) is 0 Å². The highest BCUT2D eigenvalue weighted by atomic mass is 17.3. The van der Waals surface area contributed by atoms with Gasteiger partial charge in [0.2, 0.25) is 5.79 Å². The van der Waals surface area contributed by atoms with Gasteiger partial charge in [0.15, 0.2) is 13.6 Å². The molecule has 2 aliphatic rings. The van der Waals surface area contributed by atoms with Crippen LogP contribution in [0.3, 0.4) is 0 Å². The Morgan fingerprint density at radius 2 is 1.38 bits per heavy atom. The Morgan fingerprint density at radius 1 is 0.769 bits per heavy atom. The minimum Gasteiger partial charge on any atom is -0.323 e. The van der Waals surface area contributed by atoms with Crippen molar-refractivity contribution in [2.45, 2.75) is 37.9 Å². The largest absolute Gasteiger partial charge is 0.323 e. The highest BCUT2D eigenvalue weighted by Gasteiger charge is 2.38. The van der Waals surface area contributed by atoms with Gasteiger partial charge in [-0.05, 0) is 12.8 Å². The first kappa shape index (κ1) is 9.36. The summed E-state index contributed by atoms with van der Waals surface area (Å²) in [4.78, 5) is 20.0. The van der Waals surface area contributed by atoms with Crippen molar-refractivity contribution in [1.82, 2.24) is 0 Å². The second-order valence-electron chi connectivity index (χ2n) is 3.31. The van der Waals surface area contributed by atoms with E-state index in [-0.39, 0.29) is 13.6 Å². The van der Waals surface area contributed by atoms with Crippen molar-refractivity contribution in [1.29, 1.82) is 0 Å². The number of rotatable bonds is 0. The minimum atomic E-state index is -0.692. The Balaban J connectivity index is 1.91. The highest BCUT2D eigenvalue weighted by Crippen LogP contribution is 2.33. The summed E-state index contributed by atoms with van der Waals surface area (Å²) in [5.74, 6) is -0.692. The van der Waals surface area contributed by atoms with Crippen molar-refractivity contribution in [3.63, 3.8) is 0 Å². The van der Waals surface area contributed by atoms with Crippen molar-refractivity contribution in [3.8, 4) is 0 Å². The molecule has 0 unspecified atom stereocenters. The summed E-state index contributed by atoms with van der Waals surface area (Å²) >= 11 is 0. The summed E-state index contributed by atoms with van der Waals surface area (Å²) in [6.07, 6.45) is 4.99. The van der Waals surface area contributed by atoms with Gasteiger partial charge in [-0.1, -0.05) is 6.42 Å². The topological polar surface area (TPSA) is 46.2 Å². The molecule has 13 heavy (non-hydrogen) atoms. The van der Waals surface area contributed by atoms with Crippen molar-refractivity contribution < 1.29 is 24.3 Å². The summed E-state index contributed by atoms with van der Waals surface area (Å²) in [6.45, 7) is 0.177. The van der Waals surface area contributed by atoms with Gasteiger partial charge in [-0.2, -0.15) is 9.78 Å². The van der Waals surface area contributed by atoms with Crippen LogP contribution < -0.4 is 0 Å². The second kappa shape index (κ2) is 4.34. The molecular weight excluding hydrogens is 176 g/mol.